The van der Waals surface area contributed by atoms with Gasteiger partial charge in [-0.05, 0) is 36.3 Å². The first-order valence-corrected chi connectivity index (χ1v) is 9.00. The topological polar surface area (TPSA) is 53.8 Å². The fourth-order valence-electron chi connectivity index (χ4n) is 2.50. The minimum Gasteiger partial charge on any atom is -0.611 e. The fraction of sp³-hybridized carbons (Fsp3) is 0.250. The summed E-state index contributed by atoms with van der Waals surface area (Å²) in [6.45, 7) is 1.77. The predicted molar refractivity (Wildman–Crippen MR) is 90.9 cm³/mol. The number of aromatic nitrogens is 3. The van der Waals surface area contributed by atoms with Crippen molar-refractivity contribution < 1.29 is 17.7 Å². The lowest BCUT2D eigenvalue weighted by molar-refractivity contribution is -0.137. The summed E-state index contributed by atoms with van der Waals surface area (Å²) in [5.74, 6) is 0.767. The monoisotopic (exact) mass is 387 g/mol. The highest BCUT2D eigenvalue weighted by molar-refractivity contribution is 7.91. The first-order valence-electron chi connectivity index (χ1n) is 7.30. The number of nitrogens with zero attached hydrogens (tertiary/aromatic N) is 3. The van der Waals surface area contributed by atoms with Crippen LogP contribution in [0.2, 0.25) is 5.02 Å². The van der Waals surface area contributed by atoms with Gasteiger partial charge < -0.3 is 9.12 Å². The van der Waals surface area contributed by atoms with E-state index in [1.54, 1.807) is 36.7 Å². The van der Waals surface area contributed by atoms with Crippen molar-refractivity contribution in [2.45, 2.75) is 18.0 Å². The number of fused-ring (bicyclic) bond motifs is 1. The van der Waals surface area contributed by atoms with Crippen LogP contribution in [0.1, 0.15) is 12.5 Å². The number of rotatable bonds is 3. The van der Waals surface area contributed by atoms with E-state index in [4.69, 9.17) is 11.6 Å². The third kappa shape index (κ3) is 3.33. The molecule has 0 bridgehead atoms. The molecule has 9 heteroatoms. The van der Waals surface area contributed by atoms with Crippen LogP contribution in [0.25, 0.3) is 22.6 Å². The van der Waals surface area contributed by atoms with E-state index in [0.717, 1.165) is 12.3 Å². The first-order chi connectivity index (χ1) is 11.7. The molecule has 25 heavy (non-hydrogen) atoms. The van der Waals surface area contributed by atoms with Crippen molar-refractivity contribution in [1.29, 1.82) is 0 Å². The molecule has 0 fully saturated rings. The van der Waals surface area contributed by atoms with Gasteiger partial charge in [-0.15, -0.1) is 0 Å². The number of pyridine rings is 1. The normalized spacial score (nSPS) is 13.4. The van der Waals surface area contributed by atoms with E-state index in [-0.39, 0.29) is 5.52 Å². The molecular weight excluding hydrogens is 375 g/mol. The Kier molecular flexibility index (Phi) is 4.70. The van der Waals surface area contributed by atoms with Crippen molar-refractivity contribution >= 4 is 33.9 Å². The largest absolute Gasteiger partial charge is 0.611 e. The molecule has 0 amide bonds. The maximum Gasteiger partial charge on any atom is 0.417 e. The molecule has 0 saturated carbocycles. The van der Waals surface area contributed by atoms with Crippen LogP contribution < -0.4 is 0 Å². The predicted octanol–water partition coefficient (Wildman–Crippen LogP) is 4.44. The van der Waals surface area contributed by atoms with E-state index in [2.05, 4.69) is 9.97 Å². The molecule has 0 spiro atoms. The van der Waals surface area contributed by atoms with Gasteiger partial charge in [-0.25, -0.2) is 9.97 Å². The average molecular weight is 388 g/mol. The Hall–Kier alpha value is -1.77. The highest BCUT2D eigenvalue weighted by Gasteiger charge is 2.32. The molecule has 2 aromatic heterocycles. The van der Waals surface area contributed by atoms with Crippen LogP contribution >= 0.6 is 11.6 Å². The maximum atomic E-state index is 12.9. The second-order valence-electron chi connectivity index (χ2n) is 5.33. The van der Waals surface area contributed by atoms with Crippen LogP contribution in [0.5, 0.6) is 0 Å². The van der Waals surface area contributed by atoms with Gasteiger partial charge in [0, 0.05) is 24.3 Å². The lowest BCUT2D eigenvalue weighted by atomic mass is 10.2. The smallest absolute Gasteiger partial charge is 0.417 e. The van der Waals surface area contributed by atoms with Gasteiger partial charge in [-0.2, -0.15) is 13.2 Å². The Balaban J connectivity index is 2.22. The number of benzene rings is 1. The SMILES string of the molecule is CC[S+]([O-])c1cc(Cl)ccc1-c1nc2cc(C(F)(F)F)cnc2n1C. The summed E-state index contributed by atoms with van der Waals surface area (Å²) < 4.78 is 52.5. The molecule has 2 heterocycles. The Bertz CT molecular complexity index is 942. The number of imidazole rings is 1. The van der Waals surface area contributed by atoms with Crippen LogP contribution in [-0.2, 0) is 24.4 Å². The maximum absolute atomic E-state index is 12.9. The van der Waals surface area contributed by atoms with E-state index in [0.29, 0.717) is 32.7 Å². The number of alkyl halides is 3. The Morgan fingerprint density at radius 2 is 2.00 bits per heavy atom. The summed E-state index contributed by atoms with van der Waals surface area (Å²) in [5.41, 5.74) is 0.124. The van der Waals surface area contributed by atoms with Gasteiger partial charge in [0.15, 0.2) is 10.5 Å². The summed E-state index contributed by atoms with van der Waals surface area (Å²) in [5, 5.41) is 0.428. The number of hydrogen-bond acceptors (Lipinski definition) is 3. The van der Waals surface area contributed by atoms with Crippen molar-refractivity contribution in [3.8, 4) is 11.4 Å². The van der Waals surface area contributed by atoms with Crippen molar-refractivity contribution in [3.05, 3.63) is 41.0 Å². The zero-order valence-corrected chi connectivity index (χ0v) is 14.8. The van der Waals surface area contributed by atoms with Crippen LogP contribution in [0.15, 0.2) is 35.4 Å². The molecule has 1 atom stereocenters. The van der Waals surface area contributed by atoms with Crippen LogP contribution in [-0.4, -0.2) is 24.8 Å². The zero-order chi connectivity index (χ0) is 18.4. The molecule has 0 N–H and O–H groups in total. The average Bonchev–Trinajstić information content (AvgIpc) is 2.89. The summed E-state index contributed by atoms with van der Waals surface area (Å²) >= 11 is 4.70. The van der Waals surface area contributed by atoms with E-state index in [1.165, 1.54) is 0 Å². The third-order valence-electron chi connectivity index (χ3n) is 3.73. The number of hydrogen-bond donors (Lipinski definition) is 0. The van der Waals surface area contributed by atoms with Crippen LogP contribution in [0.3, 0.4) is 0 Å². The zero-order valence-electron chi connectivity index (χ0n) is 13.3. The van der Waals surface area contributed by atoms with Gasteiger partial charge in [-0.3, -0.25) is 0 Å². The highest BCUT2D eigenvalue weighted by Crippen LogP contribution is 2.34. The molecule has 3 rings (SSSR count). The fourth-order valence-corrected chi connectivity index (χ4v) is 3.71. The molecular formula is C16H13ClF3N3OS. The van der Waals surface area contributed by atoms with Gasteiger partial charge in [-0.1, -0.05) is 11.6 Å². The molecule has 4 nitrogen and oxygen atoms in total. The Morgan fingerprint density at radius 1 is 1.28 bits per heavy atom. The quantitative estimate of drug-likeness (QED) is 0.624. The summed E-state index contributed by atoms with van der Waals surface area (Å²) in [7, 11) is 1.65. The van der Waals surface area contributed by atoms with Gasteiger partial charge >= 0.3 is 6.18 Å². The van der Waals surface area contributed by atoms with Crippen molar-refractivity contribution in [3.63, 3.8) is 0 Å². The second kappa shape index (κ2) is 6.51. The summed E-state index contributed by atoms with van der Waals surface area (Å²) in [6.07, 6.45) is -3.71. The first kappa shape index (κ1) is 18.0. The van der Waals surface area contributed by atoms with Gasteiger partial charge in [0.1, 0.15) is 17.1 Å². The minimum absolute atomic E-state index is 0.121. The lowest BCUT2D eigenvalue weighted by Gasteiger charge is -2.13. The molecule has 1 unspecified atom stereocenters. The van der Waals surface area contributed by atoms with Gasteiger partial charge in [0.05, 0.1) is 11.1 Å². The second-order valence-corrected chi connectivity index (χ2v) is 7.48. The van der Waals surface area contributed by atoms with Gasteiger partial charge in [0.25, 0.3) is 0 Å². The van der Waals surface area contributed by atoms with Crippen molar-refractivity contribution in [1.82, 2.24) is 14.5 Å². The van der Waals surface area contributed by atoms with Gasteiger partial charge in [0.2, 0.25) is 0 Å². The van der Waals surface area contributed by atoms with Crippen LogP contribution in [0, 0.1) is 0 Å². The van der Waals surface area contributed by atoms with Crippen molar-refractivity contribution in [2.24, 2.45) is 7.05 Å². The molecule has 0 aliphatic rings. The molecule has 0 saturated heterocycles. The summed E-state index contributed by atoms with van der Waals surface area (Å²) in [4.78, 5) is 8.66. The molecule has 132 valence electrons. The number of aryl methyl sites for hydroxylation is 1. The molecule has 3 aromatic rings. The standard InChI is InChI=1S/C16H13ClF3N3OS/c1-3-25(24)13-7-10(17)4-5-11(13)14-22-12-6-9(16(18,19)20)8-21-15(12)23(14)2/h4-8H,3H2,1-2H3. The van der Waals surface area contributed by atoms with E-state index in [9.17, 15) is 17.7 Å². The minimum atomic E-state index is -4.49. The summed E-state index contributed by atoms with van der Waals surface area (Å²) in [6, 6.07) is 5.83. The molecule has 0 aliphatic carbocycles. The van der Waals surface area contributed by atoms with E-state index in [1.807, 2.05) is 0 Å². The lowest BCUT2D eigenvalue weighted by Crippen LogP contribution is -2.07. The number of halogens is 4. The highest BCUT2D eigenvalue weighted by atomic mass is 35.5. The molecule has 1 aromatic carbocycles. The van der Waals surface area contributed by atoms with Crippen LogP contribution in [0.4, 0.5) is 13.2 Å². The van der Waals surface area contributed by atoms with E-state index >= 15 is 0 Å². The molecule has 0 aliphatic heterocycles. The molecule has 0 radical (unpaired) electrons. The van der Waals surface area contributed by atoms with E-state index < -0.39 is 22.9 Å². The third-order valence-corrected chi connectivity index (χ3v) is 5.32. The Labute approximate surface area is 149 Å². The van der Waals surface area contributed by atoms with Crippen molar-refractivity contribution in [2.75, 3.05) is 5.75 Å². The Morgan fingerprint density at radius 3 is 2.64 bits per heavy atom.